The van der Waals surface area contributed by atoms with Crippen LogP contribution in [-0.2, 0) is 15.0 Å². The zero-order valence-corrected chi connectivity index (χ0v) is 15.0. The molecule has 0 spiro atoms. The first-order valence-corrected chi connectivity index (χ1v) is 8.11. The Morgan fingerprint density at radius 2 is 1.64 bits per heavy atom. The van der Waals surface area contributed by atoms with E-state index in [-0.39, 0.29) is 29.6 Å². The molecule has 0 heterocycles. The highest BCUT2D eigenvalue weighted by atomic mass is 19.1. The fourth-order valence-corrected chi connectivity index (χ4v) is 2.59. The Labute approximate surface area is 147 Å². The Balaban J connectivity index is 2.23. The molecule has 0 radical (unpaired) electrons. The molecule has 5 heteroatoms. The molecule has 0 aliphatic heterocycles. The van der Waals surface area contributed by atoms with Crippen LogP contribution in [0.2, 0.25) is 0 Å². The number of carbonyl (C=O) groups excluding carboxylic acids is 2. The number of rotatable bonds is 4. The minimum absolute atomic E-state index is 0.111. The monoisotopic (exact) mass is 342 g/mol. The van der Waals surface area contributed by atoms with Gasteiger partial charge in [-0.2, -0.15) is 0 Å². The molecule has 2 rings (SSSR count). The average Bonchev–Trinajstić information content (AvgIpc) is 2.54. The van der Waals surface area contributed by atoms with Gasteiger partial charge in [-0.1, -0.05) is 39.0 Å². The van der Waals surface area contributed by atoms with Crippen LogP contribution in [0.25, 0.3) is 0 Å². The van der Waals surface area contributed by atoms with Gasteiger partial charge in [-0.3, -0.25) is 9.59 Å². The van der Waals surface area contributed by atoms with Gasteiger partial charge < -0.3 is 10.2 Å². The van der Waals surface area contributed by atoms with Crippen LogP contribution in [0.4, 0.5) is 15.8 Å². The SMILES string of the molecule is CC(=O)N(CC(=O)Nc1ccc(F)cc1)c1ccccc1C(C)(C)C. The van der Waals surface area contributed by atoms with E-state index in [1.807, 2.05) is 24.3 Å². The van der Waals surface area contributed by atoms with Crippen molar-refractivity contribution in [2.75, 3.05) is 16.8 Å². The van der Waals surface area contributed by atoms with Crippen molar-refractivity contribution < 1.29 is 14.0 Å². The molecule has 0 aromatic heterocycles. The van der Waals surface area contributed by atoms with Gasteiger partial charge in [0.05, 0.1) is 0 Å². The number of carbonyl (C=O) groups is 2. The Morgan fingerprint density at radius 1 is 1.04 bits per heavy atom. The maximum Gasteiger partial charge on any atom is 0.244 e. The number of hydrogen-bond donors (Lipinski definition) is 1. The van der Waals surface area contributed by atoms with E-state index in [1.165, 1.54) is 36.1 Å². The van der Waals surface area contributed by atoms with Crippen molar-refractivity contribution in [2.45, 2.75) is 33.1 Å². The summed E-state index contributed by atoms with van der Waals surface area (Å²) in [7, 11) is 0. The van der Waals surface area contributed by atoms with Crippen LogP contribution in [0.3, 0.4) is 0 Å². The van der Waals surface area contributed by atoms with Crippen molar-refractivity contribution in [3.05, 3.63) is 59.9 Å². The minimum Gasteiger partial charge on any atom is -0.325 e. The van der Waals surface area contributed by atoms with E-state index in [0.29, 0.717) is 5.69 Å². The maximum atomic E-state index is 13.0. The lowest BCUT2D eigenvalue weighted by Gasteiger charge is -2.29. The predicted molar refractivity (Wildman–Crippen MR) is 98.2 cm³/mol. The molecule has 0 bridgehead atoms. The Bertz CT molecular complexity index is 764. The summed E-state index contributed by atoms with van der Waals surface area (Å²) in [6, 6.07) is 13.1. The second-order valence-corrected chi connectivity index (χ2v) is 6.93. The maximum absolute atomic E-state index is 13.0. The van der Waals surface area contributed by atoms with Gasteiger partial charge in [-0.15, -0.1) is 0 Å². The number of anilines is 2. The van der Waals surface area contributed by atoms with Gasteiger partial charge in [0, 0.05) is 18.3 Å². The first-order chi connectivity index (χ1) is 11.7. The van der Waals surface area contributed by atoms with Gasteiger partial charge >= 0.3 is 0 Å². The lowest BCUT2D eigenvalue weighted by molar-refractivity contribution is -0.120. The molecular formula is C20H23FN2O2. The van der Waals surface area contributed by atoms with E-state index in [4.69, 9.17) is 0 Å². The van der Waals surface area contributed by atoms with E-state index in [9.17, 15) is 14.0 Å². The number of hydrogen-bond acceptors (Lipinski definition) is 2. The topological polar surface area (TPSA) is 49.4 Å². The summed E-state index contributed by atoms with van der Waals surface area (Å²) in [5.74, 6) is -0.932. The molecule has 2 amide bonds. The van der Waals surface area contributed by atoms with Gasteiger partial charge in [-0.05, 0) is 41.3 Å². The van der Waals surface area contributed by atoms with E-state index in [1.54, 1.807) is 0 Å². The van der Waals surface area contributed by atoms with Crippen LogP contribution in [0.1, 0.15) is 33.3 Å². The minimum atomic E-state index is -0.373. The van der Waals surface area contributed by atoms with E-state index >= 15 is 0 Å². The molecule has 0 unspecified atom stereocenters. The Kier molecular flexibility index (Phi) is 5.57. The number of nitrogens with one attached hydrogen (secondary N) is 1. The summed E-state index contributed by atoms with van der Waals surface area (Å²) in [5.41, 5.74) is 2.02. The van der Waals surface area contributed by atoms with Crippen LogP contribution in [0, 0.1) is 5.82 Å². The van der Waals surface area contributed by atoms with E-state index < -0.39 is 0 Å². The molecule has 0 saturated heterocycles. The van der Waals surface area contributed by atoms with Gasteiger partial charge in [0.2, 0.25) is 11.8 Å². The molecule has 25 heavy (non-hydrogen) atoms. The smallest absolute Gasteiger partial charge is 0.244 e. The average molecular weight is 342 g/mol. The fourth-order valence-electron chi connectivity index (χ4n) is 2.59. The standard InChI is InChI=1S/C20H23FN2O2/c1-14(24)23(18-8-6-5-7-17(18)20(2,3)4)13-19(25)22-16-11-9-15(21)10-12-16/h5-12H,13H2,1-4H3,(H,22,25). The van der Waals surface area contributed by atoms with E-state index in [2.05, 4.69) is 26.1 Å². The Morgan fingerprint density at radius 3 is 2.20 bits per heavy atom. The van der Waals surface area contributed by atoms with Crippen molar-refractivity contribution in [1.29, 1.82) is 0 Å². The first kappa shape index (κ1) is 18.6. The second-order valence-electron chi connectivity index (χ2n) is 6.93. The van der Waals surface area contributed by atoms with Crippen LogP contribution >= 0.6 is 0 Å². The largest absolute Gasteiger partial charge is 0.325 e. The van der Waals surface area contributed by atoms with Crippen molar-refractivity contribution in [2.24, 2.45) is 0 Å². The number of amides is 2. The quantitative estimate of drug-likeness (QED) is 0.909. The van der Waals surface area contributed by atoms with Crippen LogP contribution in [0.15, 0.2) is 48.5 Å². The molecule has 0 aliphatic carbocycles. The number of benzene rings is 2. The van der Waals surface area contributed by atoms with Crippen LogP contribution in [-0.4, -0.2) is 18.4 Å². The van der Waals surface area contributed by atoms with Crippen LogP contribution in [0.5, 0.6) is 0 Å². The molecule has 1 N–H and O–H groups in total. The second kappa shape index (κ2) is 7.47. The molecular weight excluding hydrogens is 319 g/mol. The molecule has 2 aromatic carbocycles. The molecule has 132 valence electrons. The summed E-state index contributed by atoms with van der Waals surface area (Å²) in [6.07, 6.45) is 0. The number of nitrogens with zero attached hydrogens (tertiary/aromatic N) is 1. The lowest BCUT2D eigenvalue weighted by Crippen LogP contribution is -2.38. The highest BCUT2D eigenvalue weighted by Crippen LogP contribution is 2.31. The zero-order valence-electron chi connectivity index (χ0n) is 15.0. The molecule has 0 saturated carbocycles. The van der Waals surface area contributed by atoms with Crippen molar-refractivity contribution in [1.82, 2.24) is 0 Å². The first-order valence-electron chi connectivity index (χ1n) is 8.11. The van der Waals surface area contributed by atoms with E-state index in [0.717, 1.165) is 11.3 Å². The zero-order chi connectivity index (χ0) is 18.6. The normalized spacial score (nSPS) is 11.1. The molecule has 0 atom stereocenters. The van der Waals surface area contributed by atoms with Crippen molar-refractivity contribution in [3.8, 4) is 0 Å². The van der Waals surface area contributed by atoms with Crippen molar-refractivity contribution >= 4 is 23.2 Å². The van der Waals surface area contributed by atoms with Crippen LogP contribution < -0.4 is 10.2 Å². The van der Waals surface area contributed by atoms with Gasteiger partial charge in [-0.25, -0.2) is 4.39 Å². The fraction of sp³-hybridized carbons (Fsp3) is 0.300. The summed E-state index contributed by atoms with van der Waals surface area (Å²) in [6.45, 7) is 7.50. The third kappa shape index (κ3) is 4.89. The summed E-state index contributed by atoms with van der Waals surface area (Å²) >= 11 is 0. The van der Waals surface area contributed by atoms with Gasteiger partial charge in [0.25, 0.3) is 0 Å². The summed E-state index contributed by atoms with van der Waals surface area (Å²) < 4.78 is 13.0. The summed E-state index contributed by atoms with van der Waals surface area (Å²) in [5, 5.41) is 2.68. The molecule has 0 aliphatic rings. The molecule has 0 fully saturated rings. The predicted octanol–water partition coefficient (Wildman–Crippen LogP) is 4.11. The third-order valence-electron chi connectivity index (χ3n) is 3.81. The number of para-hydroxylation sites is 1. The van der Waals surface area contributed by atoms with Crippen molar-refractivity contribution in [3.63, 3.8) is 0 Å². The summed E-state index contributed by atoms with van der Waals surface area (Å²) in [4.78, 5) is 26.0. The van der Waals surface area contributed by atoms with Gasteiger partial charge in [0.15, 0.2) is 0 Å². The van der Waals surface area contributed by atoms with Gasteiger partial charge in [0.1, 0.15) is 12.4 Å². The molecule has 4 nitrogen and oxygen atoms in total. The number of halogens is 1. The highest BCUT2D eigenvalue weighted by Gasteiger charge is 2.24. The Hall–Kier alpha value is -2.69. The highest BCUT2D eigenvalue weighted by molar-refractivity contribution is 6.02. The lowest BCUT2D eigenvalue weighted by atomic mass is 9.85. The molecule has 2 aromatic rings. The third-order valence-corrected chi connectivity index (χ3v) is 3.81.